The first-order valence-electron chi connectivity index (χ1n) is 7.46. The quantitative estimate of drug-likeness (QED) is 0.793. The minimum absolute atomic E-state index is 0.0660. The second-order valence-corrected chi connectivity index (χ2v) is 5.81. The first kappa shape index (κ1) is 14.9. The Kier molecular flexibility index (Phi) is 5.05. The molecule has 1 aromatic rings. The van der Waals surface area contributed by atoms with E-state index in [0.717, 1.165) is 29.9 Å². The second kappa shape index (κ2) is 6.78. The summed E-state index contributed by atoms with van der Waals surface area (Å²) in [5, 5.41) is 0. The number of Topliss-reactive ketones (excluding diaryl/α,β-unsaturated/α-hetero) is 1. The molecule has 0 saturated heterocycles. The maximum atomic E-state index is 11.9. The largest absolute Gasteiger partial charge is 0.493 e. The Bertz CT molecular complexity index is 459. The summed E-state index contributed by atoms with van der Waals surface area (Å²) in [5.41, 5.74) is 0.998. The van der Waals surface area contributed by atoms with E-state index in [2.05, 4.69) is 0 Å². The third kappa shape index (κ3) is 3.75. The van der Waals surface area contributed by atoms with Crippen molar-refractivity contribution in [2.45, 2.75) is 52.1 Å². The lowest BCUT2D eigenvalue weighted by atomic mass is 10.0. The van der Waals surface area contributed by atoms with Crippen molar-refractivity contribution in [1.82, 2.24) is 0 Å². The highest BCUT2D eigenvalue weighted by atomic mass is 16.5. The van der Waals surface area contributed by atoms with Gasteiger partial charge in [0, 0.05) is 12.3 Å². The molecule has 1 aromatic carbocycles. The second-order valence-electron chi connectivity index (χ2n) is 5.81. The monoisotopic (exact) mass is 276 g/mol. The highest BCUT2D eigenvalue weighted by Gasteiger charge is 2.19. The van der Waals surface area contributed by atoms with Gasteiger partial charge < -0.3 is 9.47 Å². The number of ketones is 1. The fourth-order valence-corrected chi connectivity index (χ4v) is 2.51. The Morgan fingerprint density at radius 1 is 1.25 bits per heavy atom. The molecule has 0 heterocycles. The van der Waals surface area contributed by atoms with E-state index in [0.29, 0.717) is 12.5 Å². The summed E-state index contributed by atoms with van der Waals surface area (Å²) in [4.78, 5) is 11.9. The van der Waals surface area contributed by atoms with Crippen molar-refractivity contribution in [2.24, 2.45) is 5.92 Å². The van der Waals surface area contributed by atoms with E-state index in [1.54, 1.807) is 7.11 Å². The van der Waals surface area contributed by atoms with Crippen molar-refractivity contribution in [3.63, 3.8) is 0 Å². The first-order chi connectivity index (χ1) is 9.60. The van der Waals surface area contributed by atoms with E-state index in [4.69, 9.17) is 9.47 Å². The Labute approximate surface area is 121 Å². The van der Waals surface area contributed by atoms with Gasteiger partial charge in [0.15, 0.2) is 11.5 Å². The van der Waals surface area contributed by atoms with Crippen LogP contribution in [-0.2, 0) is 11.2 Å². The van der Waals surface area contributed by atoms with Gasteiger partial charge in [-0.2, -0.15) is 0 Å². The summed E-state index contributed by atoms with van der Waals surface area (Å²) in [5.74, 6) is 1.84. The van der Waals surface area contributed by atoms with Crippen LogP contribution < -0.4 is 9.47 Å². The van der Waals surface area contributed by atoms with Gasteiger partial charge in [-0.05, 0) is 43.4 Å². The van der Waals surface area contributed by atoms with Crippen LogP contribution in [0.2, 0.25) is 0 Å². The maximum Gasteiger partial charge on any atom is 0.161 e. The molecule has 3 nitrogen and oxygen atoms in total. The van der Waals surface area contributed by atoms with Crippen LogP contribution in [0.15, 0.2) is 18.2 Å². The third-order valence-electron chi connectivity index (χ3n) is 3.85. The Morgan fingerprint density at radius 2 is 1.95 bits per heavy atom. The Morgan fingerprint density at radius 3 is 2.55 bits per heavy atom. The summed E-state index contributed by atoms with van der Waals surface area (Å²) < 4.78 is 11.4. The average Bonchev–Trinajstić information content (AvgIpc) is 2.92. The molecule has 0 radical (unpaired) electrons. The van der Waals surface area contributed by atoms with Crippen LogP contribution in [0.5, 0.6) is 11.5 Å². The number of ether oxygens (including phenoxy) is 2. The third-order valence-corrected chi connectivity index (χ3v) is 3.85. The molecule has 0 atom stereocenters. The van der Waals surface area contributed by atoms with E-state index >= 15 is 0 Å². The van der Waals surface area contributed by atoms with Gasteiger partial charge in [0.05, 0.1) is 13.2 Å². The van der Waals surface area contributed by atoms with E-state index in [9.17, 15) is 4.79 Å². The SMILES string of the molecule is COc1ccc(CC(=O)C(C)C)cc1OC1CCCC1. The number of benzene rings is 1. The van der Waals surface area contributed by atoms with Gasteiger partial charge in [-0.3, -0.25) is 4.79 Å². The van der Waals surface area contributed by atoms with Crippen molar-refractivity contribution in [2.75, 3.05) is 7.11 Å². The van der Waals surface area contributed by atoms with Gasteiger partial charge in [-0.25, -0.2) is 0 Å². The molecule has 2 rings (SSSR count). The molecule has 110 valence electrons. The molecular weight excluding hydrogens is 252 g/mol. The molecule has 0 N–H and O–H groups in total. The number of carbonyl (C=O) groups is 1. The molecule has 0 spiro atoms. The van der Waals surface area contributed by atoms with Crippen LogP contribution in [0.3, 0.4) is 0 Å². The fourth-order valence-electron chi connectivity index (χ4n) is 2.51. The smallest absolute Gasteiger partial charge is 0.161 e. The van der Waals surface area contributed by atoms with Gasteiger partial charge in [-0.1, -0.05) is 19.9 Å². The van der Waals surface area contributed by atoms with E-state index in [1.165, 1.54) is 12.8 Å². The molecule has 0 amide bonds. The molecule has 1 aliphatic carbocycles. The number of methoxy groups -OCH3 is 1. The molecule has 1 fully saturated rings. The minimum Gasteiger partial charge on any atom is -0.493 e. The molecule has 0 bridgehead atoms. The van der Waals surface area contributed by atoms with Gasteiger partial charge in [0.1, 0.15) is 5.78 Å². The lowest BCUT2D eigenvalue weighted by Gasteiger charge is -2.17. The highest BCUT2D eigenvalue weighted by molar-refractivity contribution is 5.82. The predicted octanol–water partition coefficient (Wildman–Crippen LogP) is 3.78. The summed E-state index contributed by atoms with van der Waals surface area (Å²) >= 11 is 0. The first-order valence-corrected chi connectivity index (χ1v) is 7.46. The molecule has 0 unspecified atom stereocenters. The zero-order valence-electron chi connectivity index (χ0n) is 12.6. The van der Waals surface area contributed by atoms with Gasteiger partial charge in [0.2, 0.25) is 0 Å². The molecule has 1 aliphatic rings. The topological polar surface area (TPSA) is 35.5 Å². The van der Waals surface area contributed by atoms with Crippen molar-refractivity contribution in [3.8, 4) is 11.5 Å². The van der Waals surface area contributed by atoms with Crippen molar-refractivity contribution < 1.29 is 14.3 Å². The van der Waals surface area contributed by atoms with Crippen LogP contribution in [0.1, 0.15) is 45.1 Å². The summed E-state index contributed by atoms with van der Waals surface area (Å²) in [6, 6.07) is 5.80. The summed E-state index contributed by atoms with van der Waals surface area (Å²) in [6.45, 7) is 3.86. The maximum absolute atomic E-state index is 11.9. The zero-order chi connectivity index (χ0) is 14.5. The van der Waals surface area contributed by atoms with E-state index in [-0.39, 0.29) is 11.7 Å². The molecule has 3 heteroatoms. The normalized spacial score (nSPS) is 15.6. The highest BCUT2D eigenvalue weighted by Crippen LogP contribution is 2.32. The average molecular weight is 276 g/mol. The van der Waals surface area contributed by atoms with Crippen LogP contribution in [0.4, 0.5) is 0 Å². The summed E-state index contributed by atoms with van der Waals surface area (Å²) in [6.07, 6.45) is 5.44. The fraction of sp³-hybridized carbons (Fsp3) is 0.588. The molecule has 0 aromatic heterocycles. The number of hydrogen-bond acceptors (Lipinski definition) is 3. The van der Waals surface area contributed by atoms with Gasteiger partial charge in [-0.15, -0.1) is 0 Å². The molecule has 20 heavy (non-hydrogen) atoms. The van der Waals surface area contributed by atoms with Crippen LogP contribution in [0, 0.1) is 5.92 Å². The van der Waals surface area contributed by atoms with Crippen molar-refractivity contribution in [1.29, 1.82) is 0 Å². The van der Waals surface area contributed by atoms with E-state index < -0.39 is 0 Å². The molecular formula is C17H24O3. The predicted molar refractivity (Wildman–Crippen MR) is 79.4 cm³/mol. The van der Waals surface area contributed by atoms with Crippen LogP contribution in [-0.4, -0.2) is 19.0 Å². The van der Waals surface area contributed by atoms with Crippen LogP contribution in [0.25, 0.3) is 0 Å². The minimum atomic E-state index is 0.0660. The molecule has 1 saturated carbocycles. The lowest BCUT2D eigenvalue weighted by Crippen LogP contribution is -2.13. The molecule has 0 aliphatic heterocycles. The van der Waals surface area contributed by atoms with Crippen LogP contribution >= 0.6 is 0 Å². The van der Waals surface area contributed by atoms with E-state index in [1.807, 2.05) is 32.0 Å². The van der Waals surface area contributed by atoms with Crippen molar-refractivity contribution >= 4 is 5.78 Å². The number of hydrogen-bond donors (Lipinski definition) is 0. The van der Waals surface area contributed by atoms with Gasteiger partial charge in [0.25, 0.3) is 0 Å². The number of carbonyl (C=O) groups excluding carboxylic acids is 1. The standard InChI is InChI=1S/C17H24O3/c1-12(2)15(18)10-13-8-9-16(19-3)17(11-13)20-14-6-4-5-7-14/h8-9,11-12,14H,4-7,10H2,1-3H3. The zero-order valence-corrected chi connectivity index (χ0v) is 12.6. The summed E-state index contributed by atoms with van der Waals surface area (Å²) in [7, 11) is 1.65. The Hall–Kier alpha value is -1.51. The van der Waals surface area contributed by atoms with Gasteiger partial charge >= 0.3 is 0 Å². The number of rotatable bonds is 6. The Balaban J connectivity index is 2.12. The van der Waals surface area contributed by atoms with Crippen molar-refractivity contribution in [3.05, 3.63) is 23.8 Å². The lowest BCUT2D eigenvalue weighted by molar-refractivity contribution is -0.121.